The molecule has 0 aliphatic carbocycles. The molecular formula is C22H24N4O2S. The summed E-state index contributed by atoms with van der Waals surface area (Å²) in [5, 5.41) is 6.11. The van der Waals surface area contributed by atoms with E-state index >= 15 is 0 Å². The molecule has 0 unspecified atom stereocenters. The Bertz CT molecular complexity index is 910. The van der Waals surface area contributed by atoms with Crippen LogP contribution in [-0.2, 0) is 13.1 Å². The maximum Gasteiger partial charge on any atom is 0.251 e. The van der Waals surface area contributed by atoms with E-state index in [1.54, 1.807) is 23.7 Å². The smallest absolute Gasteiger partial charge is 0.251 e. The Kier molecular flexibility index (Phi) is 6.49. The Morgan fingerprint density at radius 3 is 2.86 bits per heavy atom. The van der Waals surface area contributed by atoms with Crippen LogP contribution in [0.25, 0.3) is 0 Å². The fraction of sp³-hybridized carbons (Fsp3) is 0.318. The number of pyridine rings is 1. The van der Waals surface area contributed by atoms with Gasteiger partial charge < -0.3 is 10.1 Å². The third kappa shape index (κ3) is 5.62. The molecule has 1 amide bonds. The fourth-order valence-corrected chi connectivity index (χ4v) is 4.06. The number of hydrogen-bond donors (Lipinski definition) is 1. The standard InChI is InChI=1S/C22H24N4O2S/c27-22(25-15-17-3-2-8-23-14-17)18-4-1-5-20(13-18)28-19-6-10-26(11-7-19)16-21-24-9-12-29-21/h1-5,8-9,12-14,19H,6-7,10-11,15-16H2,(H,25,27). The third-order valence-corrected chi connectivity index (χ3v) is 5.72. The highest BCUT2D eigenvalue weighted by Crippen LogP contribution is 2.21. The van der Waals surface area contributed by atoms with Gasteiger partial charge in [-0.05, 0) is 42.7 Å². The topological polar surface area (TPSA) is 67.3 Å². The molecule has 1 N–H and O–H groups in total. The van der Waals surface area contributed by atoms with Crippen molar-refractivity contribution < 1.29 is 9.53 Å². The molecule has 4 rings (SSSR count). The highest BCUT2D eigenvalue weighted by molar-refractivity contribution is 7.09. The van der Waals surface area contributed by atoms with Gasteiger partial charge in [0.2, 0.25) is 0 Å². The highest BCUT2D eigenvalue weighted by atomic mass is 32.1. The van der Waals surface area contributed by atoms with E-state index in [1.807, 2.05) is 48.0 Å². The van der Waals surface area contributed by atoms with Gasteiger partial charge in [0.15, 0.2) is 0 Å². The molecule has 6 nitrogen and oxygen atoms in total. The average molecular weight is 409 g/mol. The molecule has 150 valence electrons. The molecule has 1 fully saturated rings. The summed E-state index contributed by atoms with van der Waals surface area (Å²) in [6.45, 7) is 3.36. The lowest BCUT2D eigenvalue weighted by molar-refractivity contribution is 0.0934. The van der Waals surface area contributed by atoms with Crippen molar-refractivity contribution in [2.45, 2.75) is 32.0 Å². The van der Waals surface area contributed by atoms with Crippen molar-refractivity contribution >= 4 is 17.2 Å². The maximum atomic E-state index is 12.5. The van der Waals surface area contributed by atoms with Crippen LogP contribution in [0.4, 0.5) is 0 Å². The van der Waals surface area contributed by atoms with E-state index < -0.39 is 0 Å². The van der Waals surface area contributed by atoms with Crippen molar-refractivity contribution in [2.24, 2.45) is 0 Å². The first-order valence-corrected chi connectivity index (χ1v) is 10.7. The van der Waals surface area contributed by atoms with Crippen LogP contribution in [0.3, 0.4) is 0 Å². The van der Waals surface area contributed by atoms with Crippen molar-refractivity contribution in [3.8, 4) is 5.75 Å². The number of likely N-dealkylation sites (tertiary alicyclic amines) is 1. The molecule has 1 aromatic carbocycles. The van der Waals surface area contributed by atoms with E-state index in [4.69, 9.17) is 4.74 Å². The van der Waals surface area contributed by atoms with Gasteiger partial charge in [0.1, 0.15) is 16.9 Å². The van der Waals surface area contributed by atoms with Gasteiger partial charge >= 0.3 is 0 Å². The second-order valence-electron chi connectivity index (χ2n) is 7.09. The van der Waals surface area contributed by atoms with Crippen LogP contribution in [0.2, 0.25) is 0 Å². The van der Waals surface area contributed by atoms with Crippen LogP contribution in [0.5, 0.6) is 5.75 Å². The zero-order valence-corrected chi connectivity index (χ0v) is 17.0. The van der Waals surface area contributed by atoms with Crippen molar-refractivity contribution in [1.82, 2.24) is 20.2 Å². The number of hydrogen-bond acceptors (Lipinski definition) is 6. The molecule has 7 heteroatoms. The number of nitrogens with one attached hydrogen (secondary N) is 1. The van der Waals surface area contributed by atoms with E-state index in [1.165, 1.54) is 0 Å². The number of carbonyl (C=O) groups excluding carboxylic acids is 1. The monoisotopic (exact) mass is 408 g/mol. The normalized spacial score (nSPS) is 15.2. The number of ether oxygens (including phenoxy) is 1. The zero-order chi connectivity index (χ0) is 19.9. The Balaban J connectivity index is 1.27. The fourth-order valence-electron chi connectivity index (χ4n) is 3.40. The van der Waals surface area contributed by atoms with Gasteiger partial charge in [-0.2, -0.15) is 0 Å². The number of carbonyl (C=O) groups is 1. The van der Waals surface area contributed by atoms with Gasteiger partial charge in [-0.15, -0.1) is 11.3 Å². The van der Waals surface area contributed by atoms with Crippen molar-refractivity contribution in [3.63, 3.8) is 0 Å². The SMILES string of the molecule is O=C(NCc1cccnc1)c1cccc(OC2CCN(Cc3nccs3)CC2)c1. The lowest BCUT2D eigenvalue weighted by Crippen LogP contribution is -2.37. The Hall–Kier alpha value is -2.77. The predicted octanol–water partition coefficient (Wildman–Crippen LogP) is 3.51. The van der Waals surface area contributed by atoms with Crippen molar-refractivity contribution in [1.29, 1.82) is 0 Å². The second kappa shape index (κ2) is 9.62. The first-order chi connectivity index (χ1) is 14.3. The van der Waals surface area contributed by atoms with Gasteiger partial charge in [-0.25, -0.2) is 4.98 Å². The summed E-state index contributed by atoms with van der Waals surface area (Å²) in [6.07, 6.45) is 7.45. The number of amides is 1. The maximum absolute atomic E-state index is 12.5. The minimum absolute atomic E-state index is 0.113. The summed E-state index contributed by atoms with van der Waals surface area (Å²) in [6, 6.07) is 11.2. The lowest BCUT2D eigenvalue weighted by atomic mass is 10.1. The lowest BCUT2D eigenvalue weighted by Gasteiger charge is -2.31. The summed E-state index contributed by atoms with van der Waals surface area (Å²) < 4.78 is 6.16. The van der Waals surface area contributed by atoms with Gasteiger partial charge in [0, 0.05) is 49.2 Å². The molecule has 1 aliphatic rings. The van der Waals surface area contributed by atoms with Gasteiger partial charge in [-0.1, -0.05) is 12.1 Å². The average Bonchev–Trinajstić information content (AvgIpc) is 3.27. The number of benzene rings is 1. The number of rotatable bonds is 7. The molecule has 0 saturated carbocycles. The van der Waals surface area contributed by atoms with Gasteiger partial charge in [0.05, 0.1) is 6.54 Å². The molecule has 1 saturated heterocycles. The van der Waals surface area contributed by atoms with Crippen LogP contribution in [0.1, 0.15) is 33.8 Å². The minimum Gasteiger partial charge on any atom is -0.490 e. The van der Waals surface area contributed by atoms with Crippen LogP contribution < -0.4 is 10.1 Å². The van der Waals surface area contributed by atoms with E-state index in [2.05, 4.69) is 20.2 Å². The molecule has 3 heterocycles. The van der Waals surface area contributed by atoms with Crippen LogP contribution >= 0.6 is 11.3 Å². The molecule has 0 bridgehead atoms. The minimum atomic E-state index is -0.113. The first kappa shape index (κ1) is 19.5. The quantitative estimate of drug-likeness (QED) is 0.648. The van der Waals surface area contributed by atoms with Crippen LogP contribution in [-0.4, -0.2) is 40.0 Å². The molecule has 29 heavy (non-hydrogen) atoms. The summed E-state index contributed by atoms with van der Waals surface area (Å²) >= 11 is 1.70. The van der Waals surface area contributed by atoms with Crippen molar-refractivity contribution in [2.75, 3.05) is 13.1 Å². The summed E-state index contributed by atoms with van der Waals surface area (Å²) in [5.41, 5.74) is 1.57. The molecule has 1 aliphatic heterocycles. The largest absolute Gasteiger partial charge is 0.490 e. The van der Waals surface area contributed by atoms with Gasteiger partial charge in [-0.3, -0.25) is 14.7 Å². The van der Waals surface area contributed by atoms with Crippen LogP contribution in [0.15, 0.2) is 60.4 Å². The molecule has 2 aromatic heterocycles. The Morgan fingerprint density at radius 1 is 1.21 bits per heavy atom. The number of piperidine rings is 1. The van der Waals surface area contributed by atoms with E-state index in [9.17, 15) is 4.79 Å². The molecule has 0 spiro atoms. The third-order valence-electron chi connectivity index (χ3n) is 4.95. The summed E-state index contributed by atoms with van der Waals surface area (Å²) in [7, 11) is 0. The zero-order valence-electron chi connectivity index (χ0n) is 16.2. The second-order valence-corrected chi connectivity index (χ2v) is 8.07. The number of thiazole rings is 1. The Morgan fingerprint density at radius 2 is 2.10 bits per heavy atom. The van der Waals surface area contributed by atoms with E-state index in [0.717, 1.165) is 48.8 Å². The summed E-state index contributed by atoms with van der Waals surface area (Å²) in [5.74, 6) is 0.634. The first-order valence-electron chi connectivity index (χ1n) is 9.81. The van der Waals surface area contributed by atoms with Gasteiger partial charge in [0.25, 0.3) is 5.91 Å². The molecular weight excluding hydrogens is 384 g/mol. The highest BCUT2D eigenvalue weighted by Gasteiger charge is 2.21. The van der Waals surface area contributed by atoms with Crippen molar-refractivity contribution in [3.05, 3.63) is 76.5 Å². The predicted molar refractivity (Wildman–Crippen MR) is 113 cm³/mol. The summed E-state index contributed by atoms with van der Waals surface area (Å²) in [4.78, 5) is 23.3. The number of nitrogens with zero attached hydrogens (tertiary/aromatic N) is 3. The number of aromatic nitrogens is 2. The van der Waals surface area contributed by atoms with E-state index in [0.29, 0.717) is 12.1 Å². The van der Waals surface area contributed by atoms with Crippen LogP contribution in [0, 0.1) is 0 Å². The molecule has 0 atom stereocenters. The van der Waals surface area contributed by atoms with E-state index in [-0.39, 0.29) is 12.0 Å². The molecule has 0 radical (unpaired) electrons. The molecule has 3 aromatic rings. The Labute approximate surface area is 174 Å².